The van der Waals surface area contributed by atoms with Gasteiger partial charge in [0.15, 0.2) is 9.84 Å². The van der Waals surface area contributed by atoms with Gasteiger partial charge in [-0.05, 0) is 25.5 Å². The summed E-state index contributed by atoms with van der Waals surface area (Å²) < 4.78 is 61.3. The summed E-state index contributed by atoms with van der Waals surface area (Å²) in [5.41, 5.74) is 0.201. The van der Waals surface area contributed by atoms with E-state index in [9.17, 15) is 26.4 Å². The molecular weight excluding hydrogens is 401 g/mol. The predicted octanol–water partition coefficient (Wildman–Crippen LogP) is 3.40. The van der Waals surface area contributed by atoms with Crippen LogP contribution in [0.4, 0.5) is 13.2 Å². The number of hydrogen-bond acceptors (Lipinski definition) is 5. The summed E-state index contributed by atoms with van der Waals surface area (Å²) in [4.78, 5) is 18.8. The quantitative estimate of drug-likeness (QED) is 0.766. The van der Waals surface area contributed by atoms with E-state index in [1.807, 2.05) is 0 Å². The lowest BCUT2D eigenvalue weighted by molar-refractivity contribution is -0.137. The van der Waals surface area contributed by atoms with Crippen LogP contribution in [0.3, 0.4) is 0 Å². The van der Waals surface area contributed by atoms with Crippen molar-refractivity contribution < 1.29 is 26.4 Å². The Morgan fingerprint density at radius 2 is 1.89 bits per heavy atom. The normalized spacial score (nSPS) is 19.2. The molecule has 1 atom stereocenters. The zero-order valence-corrected chi connectivity index (χ0v) is 16.2. The maximum atomic E-state index is 12.7. The highest BCUT2D eigenvalue weighted by Gasteiger charge is 2.34. The van der Waals surface area contributed by atoms with Crippen LogP contribution in [0.5, 0.6) is 0 Å². The van der Waals surface area contributed by atoms with Crippen LogP contribution in [0.15, 0.2) is 24.3 Å². The van der Waals surface area contributed by atoms with Gasteiger partial charge in [0.05, 0.1) is 22.8 Å². The molecule has 0 spiro atoms. The number of halogens is 3. The second-order valence-corrected chi connectivity index (χ2v) is 9.71. The molecule has 2 aromatic rings. The van der Waals surface area contributed by atoms with E-state index < -0.39 is 21.6 Å². The summed E-state index contributed by atoms with van der Waals surface area (Å²) in [7, 11) is -1.56. The minimum Gasteiger partial charge on any atom is -0.337 e. The van der Waals surface area contributed by atoms with Gasteiger partial charge >= 0.3 is 6.18 Å². The smallest absolute Gasteiger partial charge is 0.337 e. The Bertz CT molecular complexity index is 966. The first-order chi connectivity index (χ1) is 12.5. The Balaban J connectivity index is 1.83. The van der Waals surface area contributed by atoms with Crippen molar-refractivity contribution in [2.45, 2.75) is 25.6 Å². The molecule has 0 saturated carbocycles. The lowest BCUT2D eigenvalue weighted by atomic mass is 10.1. The molecule has 27 heavy (non-hydrogen) atoms. The van der Waals surface area contributed by atoms with Crippen molar-refractivity contribution in [3.05, 3.63) is 40.4 Å². The van der Waals surface area contributed by atoms with Gasteiger partial charge in [0.25, 0.3) is 5.91 Å². The lowest BCUT2D eigenvalue weighted by Crippen LogP contribution is -2.37. The van der Waals surface area contributed by atoms with Crippen LogP contribution in [-0.4, -0.2) is 48.8 Å². The number of sulfone groups is 1. The van der Waals surface area contributed by atoms with Crippen molar-refractivity contribution >= 4 is 27.1 Å². The van der Waals surface area contributed by atoms with Gasteiger partial charge in [0.2, 0.25) is 0 Å². The van der Waals surface area contributed by atoms with Gasteiger partial charge in [0.1, 0.15) is 9.88 Å². The van der Waals surface area contributed by atoms with Crippen LogP contribution in [0.25, 0.3) is 10.6 Å². The van der Waals surface area contributed by atoms with Crippen molar-refractivity contribution in [2.75, 3.05) is 18.6 Å². The number of alkyl halides is 3. The molecule has 1 saturated heterocycles. The van der Waals surface area contributed by atoms with Gasteiger partial charge in [-0.2, -0.15) is 13.2 Å². The standard InChI is InChI=1S/C17H17F3N2O3S2/c1-10-14(16(23)22(2)13-7-8-27(24,25)9-13)26-15(21-10)11-3-5-12(6-4-11)17(18,19)20/h3-6,13H,7-9H2,1-2H3/t13-/m1/s1. The van der Waals surface area contributed by atoms with E-state index in [1.54, 1.807) is 14.0 Å². The number of aryl methyl sites for hydroxylation is 1. The Hall–Kier alpha value is -1.94. The summed E-state index contributed by atoms with van der Waals surface area (Å²) in [6.07, 6.45) is -4.02. The van der Waals surface area contributed by atoms with E-state index >= 15 is 0 Å². The number of nitrogens with zero attached hydrogens (tertiary/aromatic N) is 2. The molecule has 1 aromatic heterocycles. The molecule has 1 amide bonds. The fourth-order valence-corrected chi connectivity index (χ4v) is 5.76. The second-order valence-electron chi connectivity index (χ2n) is 6.48. The maximum absolute atomic E-state index is 12.7. The summed E-state index contributed by atoms with van der Waals surface area (Å²) >= 11 is 1.09. The largest absolute Gasteiger partial charge is 0.416 e. The fourth-order valence-electron chi connectivity index (χ4n) is 2.93. The third kappa shape index (κ3) is 4.16. The van der Waals surface area contributed by atoms with Gasteiger partial charge in [0, 0.05) is 18.7 Å². The molecule has 3 rings (SSSR count). The molecule has 1 aliphatic rings. The van der Waals surface area contributed by atoms with E-state index in [0.29, 0.717) is 27.6 Å². The summed E-state index contributed by atoms with van der Waals surface area (Å²) in [6, 6.07) is 4.22. The number of benzene rings is 1. The molecule has 0 bridgehead atoms. The van der Waals surface area contributed by atoms with Crippen LogP contribution in [0.2, 0.25) is 0 Å². The molecule has 5 nitrogen and oxygen atoms in total. The van der Waals surface area contributed by atoms with Gasteiger partial charge < -0.3 is 4.90 Å². The van der Waals surface area contributed by atoms with Gasteiger partial charge in [-0.25, -0.2) is 13.4 Å². The number of carbonyl (C=O) groups is 1. The molecule has 0 unspecified atom stereocenters. The summed E-state index contributed by atoms with van der Waals surface area (Å²) in [6.45, 7) is 1.65. The topological polar surface area (TPSA) is 67.3 Å². The van der Waals surface area contributed by atoms with Gasteiger partial charge in [-0.1, -0.05) is 12.1 Å². The average molecular weight is 418 g/mol. The van der Waals surface area contributed by atoms with Crippen molar-refractivity contribution in [1.29, 1.82) is 0 Å². The first-order valence-electron chi connectivity index (χ1n) is 8.10. The van der Waals surface area contributed by atoms with Crippen molar-refractivity contribution in [3.8, 4) is 10.6 Å². The Kier molecular flexibility index (Phi) is 5.06. The molecule has 0 aliphatic carbocycles. The molecule has 1 aromatic carbocycles. The third-order valence-electron chi connectivity index (χ3n) is 4.53. The molecule has 146 valence electrons. The van der Waals surface area contributed by atoms with E-state index in [4.69, 9.17) is 0 Å². The zero-order valence-electron chi connectivity index (χ0n) is 14.6. The van der Waals surface area contributed by atoms with Crippen LogP contribution in [0.1, 0.15) is 27.3 Å². The van der Waals surface area contributed by atoms with Crippen molar-refractivity contribution in [2.24, 2.45) is 0 Å². The van der Waals surface area contributed by atoms with Gasteiger partial charge in [-0.3, -0.25) is 4.79 Å². The molecule has 0 N–H and O–H groups in total. The minimum atomic E-state index is -4.41. The van der Waals surface area contributed by atoms with Crippen molar-refractivity contribution in [3.63, 3.8) is 0 Å². The first kappa shape index (κ1) is 19.8. The molecule has 10 heteroatoms. The molecule has 1 fully saturated rings. The highest BCUT2D eigenvalue weighted by atomic mass is 32.2. The maximum Gasteiger partial charge on any atom is 0.416 e. The van der Waals surface area contributed by atoms with Crippen LogP contribution < -0.4 is 0 Å². The number of thiazole rings is 1. The Morgan fingerprint density at radius 3 is 2.41 bits per heavy atom. The number of aromatic nitrogens is 1. The minimum absolute atomic E-state index is 0.0567. The Labute approximate surface area is 158 Å². The number of hydrogen-bond donors (Lipinski definition) is 0. The highest BCUT2D eigenvalue weighted by Crippen LogP contribution is 2.33. The van der Waals surface area contributed by atoms with Crippen LogP contribution in [0, 0.1) is 6.92 Å². The average Bonchev–Trinajstić information content (AvgIpc) is 3.15. The van der Waals surface area contributed by atoms with Crippen LogP contribution >= 0.6 is 11.3 Å². The summed E-state index contributed by atoms with van der Waals surface area (Å²) in [5, 5.41) is 0.442. The van der Waals surface area contributed by atoms with E-state index in [2.05, 4.69) is 4.98 Å². The van der Waals surface area contributed by atoms with E-state index in [1.165, 1.54) is 17.0 Å². The van der Waals surface area contributed by atoms with Gasteiger partial charge in [-0.15, -0.1) is 11.3 Å². The summed E-state index contributed by atoms with van der Waals surface area (Å²) in [5.74, 6) is -0.322. The zero-order chi connectivity index (χ0) is 20.0. The Morgan fingerprint density at radius 1 is 1.26 bits per heavy atom. The highest BCUT2D eigenvalue weighted by molar-refractivity contribution is 7.91. The van der Waals surface area contributed by atoms with Crippen molar-refractivity contribution in [1.82, 2.24) is 9.88 Å². The van der Waals surface area contributed by atoms with E-state index in [0.717, 1.165) is 23.5 Å². The lowest BCUT2D eigenvalue weighted by Gasteiger charge is -2.22. The SMILES string of the molecule is Cc1nc(-c2ccc(C(F)(F)F)cc2)sc1C(=O)N(C)[C@@H]1CCS(=O)(=O)C1. The number of rotatable bonds is 3. The number of amides is 1. The first-order valence-corrected chi connectivity index (χ1v) is 10.7. The van der Waals surface area contributed by atoms with Crippen LogP contribution in [-0.2, 0) is 16.0 Å². The fraction of sp³-hybridized carbons (Fsp3) is 0.412. The predicted molar refractivity (Wildman–Crippen MR) is 96.4 cm³/mol. The molecule has 0 radical (unpaired) electrons. The molecule has 2 heterocycles. The number of carbonyl (C=O) groups excluding carboxylic acids is 1. The van der Waals surface area contributed by atoms with E-state index in [-0.39, 0.29) is 23.5 Å². The molecular formula is C17H17F3N2O3S2. The molecule has 1 aliphatic heterocycles. The second kappa shape index (κ2) is 6.90. The third-order valence-corrected chi connectivity index (χ3v) is 7.47. The monoisotopic (exact) mass is 418 g/mol.